The summed E-state index contributed by atoms with van der Waals surface area (Å²) in [7, 11) is 0. The highest BCUT2D eigenvalue weighted by Gasteiger charge is 2.16. The van der Waals surface area contributed by atoms with E-state index >= 15 is 0 Å². The highest BCUT2D eigenvalue weighted by molar-refractivity contribution is 7.99. The molecule has 3 rings (SSSR count). The first kappa shape index (κ1) is 25.3. The van der Waals surface area contributed by atoms with Crippen LogP contribution in [0.1, 0.15) is 60.7 Å². The molecule has 3 aromatic rings. The molecule has 1 atom stereocenters. The van der Waals surface area contributed by atoms with E-state index in [9.17, 15) is 9.59 Å². The highest BCUT2D eigenvalue weighted by Crippen LogP contribution is 2.40. The normalized spacial score (nSPS) is 11.7. The Balaban J connectivity index is 1.70. The Kier molecular flexibility index (Phi) is 9.07. The number of carboxylic acids is 1. The Morgan fingerprint density at radius 1 is 0.882 bits per heavy atom. The smallest absolute Gasteiger partial charge is 0.303 e. The van der Waals surface area contributed by atoms with Crippen molar-refractivity contribution in [2.24, 2.45) is 5.92 Å². The second-order valence-electron chi connectivity index (χ2n) is 8.71. The van der Waals surface area contributed by atoms with Crippen LogP contribution < -0.4 is 0 Å². The Morgan fingerprint density at radius 2 is 1.47 bits per heavy atom. The minimum Gasteiger partial charge on any atom is -0.481 e. The van der Waals surface area contributed by atoms with Gasteiger partial charge >= 0.3 is 5.97 Å². The minimum atomic E-state index is -0.872. The average molecular weight is 472 g/mol. The number of carbonyl (C=O) groups is 2. The number of ketones is 1. The zero-order valence-corrected chi connectivity index (χ0v) is 20.3. The molecule has 4 nitrogen and oxygen atoms in total. The summed E-state index contributed by atoms with van der Waals surface area (Å²) >= 11 is 1.82. The molecule has 34 heavy (non-hydrogen) atoms. The fraction of sp³-hybridized carbons (Fsp3) is 0.276. The maximum atomic E-state index is 12.3. The number of carboxylic acid groups (broad SMARTS) is 1. The van der Waals surface area contributed by atoms with E-state index in [0.717, 1.165) is 17.5 Å². The Labute approximate surface area is 205 Å². The minimum absolute atomic E-state index is 0.0131. The molecule has 0 saturated carbocycles. The van der Waals surface area contributed by atoms with Crippen molar-refractivity contribution in [2.45, 2.75) is 49.7 Å². The van der Waals surface area contributed by atoms with E-state index in [1.165, 1.54) is 10.5 Å². The van der Waals surface area contributed by atoms with Gasteiger partial charge in [0.2, 0.25) is 0 Å². The van der Waals surface area contributed by atoms with Gasteiger partial charge in [0.1, 0.15) is 0 Å². The van der Waals surface area contributed by atoms with Crippen molar-refractivity contribution in [1.82, 2.24) is 0 Å². The summed E-state index contributed by atoms with van der Waals surface area (Å²) < 4.78 is 0. The van der Waals surface area contributed by atoms with Crippen LogP contribution in [0.3, 0.4) is 0 Å². The van der Waals surface area contributed by atoms with Crippen LogP contribution in [0.15, 0.2) is 77.7 Å². The second kappa shape index (κ2) is 12.2. The van der Waals surface area contributed by atoms with Crippen LogP contribution in [0.4, 0.5) is 5.69 Å². The Hall–Kier alpha value is -3.36. The molecule has 0 radical (unpaired) electrons. The molecule has 0 spiro atoms. The molecule has 5 heteroatoms. The lowest BCUT2D eigenvalue weighted by molar-refractivity contribution is -0.137. The quantitative estimate of drug-likeness (QED) is 0.174. The lowest BCUT2D eigenvalue weighted by Crippen LogP contribution is -2.03. The van der Waals surface area contributed by atoms with Crippen LogP contribution in [0, 0.1) is 12.5 Å². The molecule has 0 aliphatic carbocycles. The van der Waals surface area contributed by atoms with E-state index in [-0.39, 0.29) is 23.9 Å². The van der Waals surface area contributed by atoms with Gasteiger partial charge in [0, 0.05) is 28.6 Å². The summed E-state index contributed by atoms with van der Waals surface area (Å²) in [6.07, 6.45) is 1.64. The molecule has 1 N–H and O–H groups in total. The molecule has 0 aromatic heterocycles. The number of aliphatic carboxylic acids is 1. The predicted octanol–water partition coefficient (Wildman–Crippen LogP) is 8.22. The summed E-state index contributed by atoms with van der Waals surface area (Å²) in [5.41, 5.74) is 4.66. The Morgan fingerprint density at radius 3 is 2.00 bits per heavy atom. The van der Waals surface area contributed by atoms with Gasteiger partial charge in [-0.15, -0.1) is 11.8 Å². The summed E-state index contributed by atoms with van der Waals surface area (Å²) in [4.78, 5) is 27.6. The third-order valence-electron chi connectivity index (χ3n) is 5.55. The summed E-state index contributed by atoms with van der Waals surface area (Å²) in [5, 5.41) is 9.02. The predicted molar refractivity (Wildman–Crippen MR) is 138 cm³/mol. The van der Waals surface area contributed by atoms with Crippen molar-refractivity contribution in [3.8, 4) is 11.1 Å². The first-order valence-corrected chi connectivity index (χ1v) is 12.3. The largest absolute Gasteiger partial charge is 0.481 e. The summed E-state index contributed by atoms with van der Waals surface area (Å²) in [6.45, 7) is 11.5. The Bertz CT molecular complexity index is 1140. The number of Topliss-reactive ketones (excluding diaryl/α,β-unsaturated/α-hetero) is 1. The molecule has 0 amide bonds. The van der Waals surface area contributed by atoms with E-state index in [2.05, 4.69) is 43.0 Å². The third kappa shape index (κ3) is 7.33. The second-order valence-corrected chi connectivity index (χ2v) is 9.99. The first-order valence-electron chi connectivity index (χ1n) is 11.4. The van der Waals surface area contributed by atoms with Gasteiger partial charge in [-0.05, 0) is 47.6 Å². The van der Waals surface area contributed by atoms with Gasteiger partial charge in [-0.25, -0.2) is 4.85 Å². The van der Waals surface area contributed by atoms with Crippen LogP contribution in [0.25, 0.3) is 16.0 Å². The van der Waals surface area contributed by atoms with E-state index in [1.54, 1.807) is 0 Å². The van der Waals surface area contributed by atoms with Crippen LogP contribution in [-0.2, 0) is 4.79 Å². The number of nitrogens with zero attached hydrogens (tertiary/aromatic N) is 1. The number of hydrogen-bond acceptors (Lipinski definition) is 3. The van der Waals surface area contributed by atoms with Crippen molar-refractivity contribution >= 4 is 29.2 Å². The molecule has 174 valence electrons. The molecule has 0 heterocycles. The molecular weight excluding hydrogens is 442 g/mol. The van der Waals surface area contributed by atoms with Crippen molar-refractivity contribution in [3.05, 3.63) is 95.3 Å². The summed E-state index contributed by atoms with van der Waals surface area (Å²) in [6, 6.07) is 23.9. The SMILES string of the molecule is [C-]#[N+]c1ccc(-c2ccc(SC(CC(C)C)c3ccc(C(=O)CCCC(=O)O)cc3)cc2)cc1. The molecule has 0 saturated heterocycles. The summed E-state index contributed by atoms with van der Waals surface area (Å²) in [5.74, 6) is -0.362. The molecule has 0 aliphatic heterocycles. The number of rotatable bonds is 11. The monoisotopic (exact) mass is 471 g/mol. The van der Waals surface area contributed by atoms with Gasteiger partial charge in [-0.1, -0.05) is 74.5 Å². The van der Waals surface area contributed by atoms with E-state index < -0.39 is 5.97 Å². The number of carbonyl (C=O) groups excluding carboxylic acids is 1. The van der Waals surface area contributed by atoms with Crippen LogP contribution >= 0.6 is 11.8 Å². The standard InChI is InChI=1S/C29H29NO3S/c1-20(2)19-28(24-9-7-23(8-10-24)27(31)5-4-6-29(32)33)34-26-17-13-22(14-18-26)21-11-15-25(30-3)16-12-21/h7-18,20,28H,4-6,19H2,1-2H3,(H,32,33). The fourth-order valence-electron chi connectivity index (χ4n) is 3.73. The van der Waals surface area contributed by atoms with Crippen LogP contribution in [0.2, 0.25) is 0 Å². The van der Waals surface area contributed by atoms with Gasteiger partial charge in [0.15, 0.2) is 11.5 Å². The van der Waals surface area contributed by atoms with Gasteiger partial charge in [-0.3, -0.25) is 9.59 Å². The lowest BCUT2D eigenvalue weighted by Gasteiger charge is -2.20. The van der Waals surface area contributed by atoms with E-state index in [0.29, 0.717) is 23.6 Å². The average Bonchev–Trinajstić information content (AvgIpc) is 2.84. The molecular formula is C29H29NO3S. The maximum Gasteiger partial charge on any atom is 0.303 e. The van der Waals surface area contributed by atoms with E-state index in [1.807, 2.05) is 60.3 Å². The third-order valence-corrected chi connectivity index (χ3v) is 6.84. The van der Waals surface area contributed by atoms with Crippen molar-refractivity contribution in [1.29, 1.82) is 0 Å². The molecule has 0 fully saturated rings. The zero-order chi connectivity index (χ0) is 24.5. The number of benzene rings is 3. The molecule has 0 aliphatic rings. The van der Waals surface area contributed by atoms with Crippen LogP contribution in [-0.4, -0.2) is 16.9 Å². The maximum absolute atomic E-state index is 12.3. The van der Waals surface area contributed by atoms with Crippen molar-refractivity contribution in [3.63, 3.8) is 0 Å². The number of thioether (sulfide) groups is 1. The van der Waals surface area contributed by atoms with Gasteiger partial charge in [0.25, 0.3) is 0 Å². The lowest BCUT2D eigenvalue weighted by atomic mass is 9.99. The van der Waals surface area contributed by atoms with Gasteiger partial charge in [0.05, 0.1) is 6.57 Å². The first-order chi connectivity index (χ1) is 16.4. The van der Waals surface area contributed by atoms with Crippen molar-refractivity contribution < 1.29 is 14.7 Å². The zero-order valence-electron chi connectivity index (χ0n) is 19.5. The number of hydrogen-bond donors (Lipinski definition) is 1. The highest BCUT2D eigenvalue weighted by atomic mass is 32.2. The van der Waals surface area contributed by atoms with E-state index in [4.69, 9.17) is 11.7 Å². The molecule has 1 unspecified atom stereocenters. The van der Waals surface area contributed by atoms with Crippen molar-refractivity contribution in [2.75, 3.05) is 0 Å². The molecule has 0 bridgehead atoms. The van der Waals surface area contributed by atoms with Gasteiger partial charge < -0.3 is 5.11 Å². The van der Waals surface area contributed by atoms with Gasteiger partial charge in [-0.2, -0.15) is 0 Å². The topological polar surface area (TPSA) is 58.7 Å². The molecule has 3 aromatic carbocycles. The van der Waals surface area contributed by atoms with Crippen LogP contribution in [0.5, 0.6) is 0 Å². The fourth-order valence-corrected chi connectivity index (χ4v) is 5.12.